The number of carbonyl (C=O) groups excluding carboxylic acids is 2. The number of fused-ring (bicyclic) bond motifs is 1. The number of nitrogens with zero attached hydrogens (tertiary/aromatic N) is 2. The van der Waals surface area contributed by atoms with Gasteiger partial charge in [-0.2, -0.15) is 5.26 Å². The van der Waals surface area contributed by atoms with Crippen LogP contribution in [0.3, 0.4) is 0 Å². The van der Waals surface area contributed by atoms with E-state index in [2.05, 4.69) is 10.3 Å². The monoisotopic (exact) mass is 311 g/mol. The molecule has 0 aliphatic heterocycles. The molecule has 0 unspecified atom stereocenters. The summed E-state index contributed by atoms with van der Waals surface area (Å²) in [5.41, 5.74) is 0.936. The molecular weight excluding hydrogens is 294 g/mol. The lowest BCUT2D eigenvalue weighted by Gasteiger charge is -2.17. The zero-order valence-corrected chi connectivity index (χ0v) is 12.9. The van der Waals surface area contributed by atoms with Gasteiger partial charge in [0.1, 0.15) is 6.04 Å². The van der Waals surface area contributed by atoms with Crippen LogP contribution in [0, 0.1) is 17.2 Å². The molecule has 1 heterocycles. The van der Waals surface area contributed by atoms with Crippen LogP contribution in [0.25, 0.3) is 10.9 Å². The molecule has 6 nitrogen and oxygen atoms in total. The molecule has 0 aliphatic carbocycles. The van der Waals surface area contributed by atoms with Gasteiger partial charge in [-0.05, 0) is 25.5 Å². The summed E-state index contributed by atoms with van der Waals surface area (Å²) >= 11 is 0. The van der Waals surface area contributed by atoms with Crippen molar-refractivity contribution in [2.24, 2.45) is 5.92 Å². The van der Waals surface area contributed by atoms with E-state index in [-0.39, 0.29) is 12.3 Å². The summed E-state index contributed by atoms with van der Waals surface area (Å²) < 4.78 is 4.70. The van der Waals surface area contributed by atoms with E-state index in [1.807, 2.05) is 18.2 Å². The molecule has 1 amide bonds. The van der Waals surface area contributed by atoms with Crippen LogP contribution in [0.5, 0.6) is 0 Å². The smallest absolute Gasteiger partial charge is 0.328 e. The molecule has 118 valence electrons. The van der Waals surface area contributed by atoms with Gasteiger partial charge in [0.2, 0.25) is 0 Å². The molecule has 2 atom stereocenters. The second-order valence-corrected chi connectivity index (χ2v) is 5.20. The Hall–Kier alpha value is -2.94. The number of methoxy groups -OCH3 is 1. The number of para-hydroxylation sites is 1. The van der Waals surface area contributed by atoms with E-state index in [9.17, 15) is 9.59 Å². The summed E-state index contributed by atoms with van der Waals surface area (Å²) in [5, 5.41) is 12.4. The molecule has 0 aliphatic rings. The maximum absolute atomic E-state index is 12.5. The Balaban J connectivity index is 2.27. The molecule has 0 spiro atoms. The SMILES string of the molecule is COC(=O)[C@@H](C[C@@H](C)C#N)NC(=O)c1cccc2cccnc12. The van der Waals surface area contributed by atoms with Gasteiger partial charge < -0.3 is 10.1 Å². The summed E-state index contributed by atoms with van der Waals surface area (Å²) in [7, 11) is 1.25. The zero-order valence-electron chi connectivity index (χ0n) is 12.9. The fourth-order valence-corrected chi connectivity index (χ4v) is 2.29. The quantitative estimate of drug-likeness (QED) is 0.853. The molecule has 1 aromatic heterocycles. The van der Waals surface area contributed by atoms with E-state index in [0.717, 1.165) is 5.39 Å². The van der Waals surface area contributed by atoms with Crippen LogP contribution < -0.4 is 5.32 Å². The van der Waals surface area contributed by atoms with Crippen LogP contribution in [0.1, 0.15) is 23.7 Å². The van der Waals surface area contributed by atoms with Gasteiger partial charge in [0.25, 0.3) is 5.91 Å². The fraction of sp³-hybridized carbons (Fsp3) is 0.294. The van der Waals surface area contributed by atoms with Crippen LogP contribution in [0.15, 0.2) is 36.5 Å². The van der Waals surface area contributed by atoms with Crippen molar-refractivity contribution in [2.75, 3.05) is 7.11 Å². The minimum Gasteiger partial charge on any atom is -0.467 e. The number of nitriles is 1. The molecule has 0 bridgehead atoms. The molecule has 2 rings (SSSR count). The number of hydrogen-bond acceptors (Lipinski definition) is 5. The average Bonchev–Trinajstić information content (AvgIpc) is 2.59. The predicted molar refractivity (Wildman–Crippen MR) is 84.4 cm³/mol. The van der Waals surface area contributed by atoms with E-state index in [0.29, 0.717) is 11.1 Å². The van der Waals surface area contributed by atoms with E-state index >= 15 is 0 Å². The summed E-state index contributed by atoms with van der Waals surface area (Å²) in [6.45, 7) is 1.68. The van der Waals surface area contributed by atoms with Gasteiger partial charge in [-0.15, -0.1) is 0 Å². The lowest BCUT2D eigenvalue weighted by molar-refractivity contribution is -0.143. The molecule has 0 fully saturated rings. The van der Waals surface area contributed by atoms with Crippen molar-refractivity contribution in [2.45, 2.75) is 19.4 Å². The Labute approximate surface area is 134 Å². The Morgan fingerprint density at radius 3 is 2.78 bits per heavy atom. The first-order valence-electron chi connectivity index (χ1n) is 7.19. The zero-order chi connectivity index (χ0) is 16.8. The normalized spacial score (nSPS) is 12.9. The number of hydrogen-bond donors (Lipinski definition) is 1. The molecule has 0 saturated heterocycles. The molecular formula is C17H17N3O3. The van der Waals surface area contributed by atoms with Crippen molar-refractivity contribution < 1.29 is 14.3 Å². The first kappa shape index (κ1) is 16.4. The third-order valence-electron chi connectivity index (χ3n) is 3.48. The highest BCUT2D eigenvalue weighted by atomic mass is 16.5. The van der Waals surface area contributed by atoms with E-state index in [1.54, 1.807) is 31.3 Å². The van der Waals surface area contributed by atoms with Crippen molar-refractivity contribution in [3.63, 3.8) is 0 Å². The van der Waals surface area contributed by atoms with Crippen LogP contribution in [-0.4, -0.2) is 30.0 Å². The number of rotatable bonds is 5. The first-order chi connectivity index (χ1) is 11.1. The van der Waals surface area contributed by atoms with Crippen molar-refractivity contribution in [1.29, 1.82) is 5.26 Å². The molecule has 23 heavy (non-hydrogen) atoms. The van der Waals surface area contributed by atoms with Crippen LogP contribution in [0.2, 0.25) is 0 Å². The summed E-state index contributed by atoms with van der Waals surface area (Å²) in [4.78, 5) is 28.6. The minimum absolute atomic E-state index is 0.188. The van der Waals surface area contributed by atoms with E-state index in [1.165, 1.54) is 7.11 Å². The Kier molecular flexibility index (Phi) is 5.26. The number of aromatic nitrogens is 1. The van der Waals surface area contributed by atoms with Crippen LogP contribution in [0.4, 0.5) is 0 Å². The largest absolute Gasteiger partial charge is 0.467 e. The van der Waals surface area contributed by atoms with Gasteiger partial charge in [-0.3, -0.25) is 9.78 Å². The van der Waals surface area contributed by atoms with Crippen molar-refractivity contribution in [3.05, 3.63) is 42.1 Å². The van der Waals surface area contributed by atoms with Crippen molar-refractivity contribution in [3.8, 4) is 6.07 Å². The lowest BCUT2D eigenvalue weighted by atomic mass is 10.0. The van der Waals surface area contributed by atoms with Gasteiger partial charge in [0.15, 0.2) is 0 Å². The fourth-order valence-electron chi connectivity index (χ4n) is 2.29. The first-order valence-corrected chi connectivity index (χ1v) is 7.19. The number of ether oxygens (including phenoxy) is 1. The third-order valence-corrected chi connectivity index (χ3v) is 3.48. The van der Waals surface area contributed by atoms with Crippen LogP contribution >= 0.6 is 0 Å². The van der Waals surface area contributed by atoms with E-state index < -0.39 is 17.9 Å². The van der Waals surface area contributed by atoms with Gasteiger partial charge in [-0.1, -0.05) is 18.2 Å². The van der Waals surface area contributed by atoms with Crippen LogP contribution in [-0.2, 0) is 9.53 Å². The summed E-state index contributed by atoms with van der Waals surface area (Å²) in [6.07, 6.45) is 1.79. The maximum atomic E-state index is 12.5. The number of benzene rings is 1. The summed E-state index contributed by atoms with van der Waals surface area (Å²) in [5.74, 6) is -1.38. The number of nitrogens with one attached hydrogen (secondary N) is 1. The summed E-state index contributed by atoms with van der Waals surface area (Å²) in [6, 6.07) is 10.1. The maximum Gasteiger partial charge on any atom is 0.328 e. The Bertz CT molecular complexity index is 762. The highest BCUT2D eigenvalue weighted by molar-refractivity contribution is 6.06. The number of esters is 1. The molecule has 2 aromatic rings. The van der Waals surface area contributed by atoms with Gasteiger partial charge in [-0.25, -0.2) is 4.79 Å². The number of pyridine rings is 1. The van der Waals surface area contributed by atoms with Gasteiger partial charge in [0.05, 0.1) is 24.3 Å². The Morgan fingerprint density at radius 1 is 1.35 bits per heavy atom. The molecule has 6 heteroatoms. The lowest BCUT2D eigenvalue weighted by Crippen LogP contribution is -2.42. The number of amides is 1. The highest BCUT2D eigenvalue weighted by Crippen LogP contribution is 2.16. The second kappa shape index (κ2) is 7.36. The minimum atomic E-state index is -0.874. The predicted octanol–water partition coefficient (Wildman–Crippen LogP) is 2.06. The Morgan fingerprint density at radius 2 is 2.09 bits per heavy atom. The molecule has 0 saturated carbocycles. The van der Waals surface area contributed by atoms with E-state index in [4.69, 9.17) is 10.00 Å². The highest BCUT2D eigenvalue weighted by Gasteiger charge is 2.25. The van der Waals surface area contributed by atoms with Crippen molar-refractivity contribution in [1.82, 2.24) is 10.3 Å². The molecule has 1 aromatic carbocycles. The molecule has 0 radical (unpaired) electrons. The van der Waals surface area contributed by atoms with Gasteiger partial charge >= 0.3 is 5.97 Å². The topological polar surface area (TPSA) is 92.1 Å². The standard InChI is InChI=1S/C17H17N3O3/c1-11(10-18)9-14(17(22)23-2)20-16(21)13-7-3-5-12-6-4-8-19-15(12)13/h3-8,11,14H,9H2,1-2H3,(H,20,21)/t11-,14-/m1/s1. The number of carbonyl (C=O) groups is 2. The second-order valence-electron chi connectivity index (χ2n) is 5.20. The molecule has 1 N–H and O–H groups in total. The average molecular weight is 311 g/mol. The van der Waals surface area contributed by atoms with Crippen molar-refractivity contribution >= 4 is 22.8 Å². The van der Waals surface area contributed by atoms with Gasteiger partial charge in [0, 0.05) is 17.5 Å². The third kappa shape index (κ3) is 3.83.